The minimum Gasteiger partial charge on any atom is -0.494 e. The summed E-state index contributed by atoms with van der Waals surface area (Å²) in [6.07, 6.45) is 2.44. The highest BCUT2D eigenvalue weighted by Gasteiger charge is 2.46. The number of methoxy groups -OCH3 is 1. The van der Waals surface area contributed by atoms with Gasteiger partial charge in [0.2, 0.25) is 15.9 Å². The first-order valence-corrected chi connectivity index (χ1v) is 24.3. The van der Waals surface area contributed by atoms with E-state index in [1.807, 2.05) is 38.1 Å². The first kappa shape index (κ1) is 48.6. The molecule has 3 aliphatic heterocycles. The number of aliphatic hydroxyl groups is 1. The van der Waals surface area contributed by atoms with E-state index < -0.39 is 63.9 Å². The number of amides is 4. The van der Waals surface area contributed by atoms with Crippen molar-refractivity contribution in [3.05, 3.63) is 106 Å². The second kappa shape index (κ2) is 20.4. The molecule has 1 fully saturated rings. The zero-order valence-electron chi connectivity index (χ0n) is 38.8. The van der Waals surface area contributed by atoms with Crippen LogP contribution in [0.25, 0.3) is 11.0 Å². The molecule has 0 bridgehead atoms. The summed E-state index contributed by atoms with van der Waals surface area (Å²) in [4.78, 5) is 64.8. The second-order valence-electron chi connectivity index (χ2n) is 17.7. The van der Waals surface area contributed by atoms with E-state index in [0.717, 1.165) is 40.9 Å². The molecule has 20 heteroatoms. The Kier molecular flexibility index (Phi) is 14.3. The molecular formula is C49H55N7O12S. The molecule has 4 heterocycles. The highest BCUT2D eigenvalue weighted by atomic mass is 32.2. The lowest BCUT2D eigenvalue weighted by Gasteiger charge is -2.31. The lowest BCUT2D eigenvalue weighted by atomic mass is 9.86. The number of carboxylic acid groups (broad SMARTS) is 1. The minimum absolute atomic E-state index is 0.0104. The Morgan fingerprint density at radius 2 is 1.77 bits per heavy atom. The van der Waals surface area contributed by atoms with E-state index in [1.54, 1.807) is 36.0 Å². The number of piperidine rings is 1. The van der Waals surface area contributed by atoms with Crippen molar-refractivity contribution < 1.29 is 56.8 Å². The van der Waals surface area contributed by atoms with Crippen LogP contribution in [0.1, 0.15) is 106 Å². The fourth-order valence-corrected chi connectivity index (χ4v) is 10.9. The average Bonchev–Trinajstić information content (AvgIpc) is 3.78. The van der Waals surface area contributed by atoms with E-state index in [1.165, 1.54) is 29.6 Å². The van der Waals surface area contributed by atoms with Crippen molar-refractivity contribution in [1.29, 1.82) is 0 Å². The molecule has 0 aliphatic carbocycles. The van der Waals surface area contributed by atoms with Crippen molar-refractivity contribution in [2.75, 3.05) is 26.8 Å². The number of fused-ring (bicyclic) bond motifs is 3. The van der Waals surface area contributed by atoms with Crippen LogP contribution in [-0.4, -0.2) is 118 Å². The van der Waals surface area contributed by atoms with Gasteiger partial charge in [-0.2, -0.15) is 4.31 Å². The number of carbonyl (C=O) groups excluding carboxylic acids is 4. The van der Waals surface area contributed by atoms with Crippen LogP contribution in [-0.2, 0) is 44.4 Å². The van der Waals surface area contributed by atoms with Gasteiger partial charge in [0.25, 0.3) is 17.7 Å². The molecule has 0 saturated carbocycles. The van der Waals surface area contributed by atoms with Crippen LogP contribution in [0.4, 0.5) is 0 Å². The van der Waals surface area contributed by atoms with Gasteiger partial charge >= 0.3 is 5.97 Å². The molecule has 1 aromatic heterocycles. The molecule has 4 atom stereocenters. The molecule has 2 unspecified atom stereocenters. The third-order valence-corrected chi connectivity index (χ3v) is 14.7. The Hall–Kier alpha value is -6.90. The van der Waals surface area contributed by atoms with E-state index in [9.17, 15) is 42.6 Å². The van der Waals surface area contributed by atoms with Crippen molar-refractivity contribution in [3.63, 3.8) is 0 Å². The van der Waals surface area contributed by atoms with Crippen LogP contribution in [0.5, 0.6) is 17.2 Å². The van der Waals surface area contributed by atoms with Gasteiger partial charge in [-0.25, -0.2) is 13.1 Å². The number of aliphatic carboxylic acids is 1. The molecule has 8 rings (SSSR count). The van der Waals surface area contributed by atoms with Crippen LogP contribution in [0, 0.1) is 6.92 Å². The Morgan fingerprint density at radius 3 is 2.54 bits per heavy atom. The number of aliphatic hydroxyl groups excluding tert-OH is 1. The Labute approximate surface area is 398 Å². The van der Waals surface area contributed by atoms with E-state index in [4.69, 9.17) is 14.2 Å². The number of aryl methyl sites for hydroxylation is 3. The van der Waals surface area contributed by atoms with Crippen molar-refractivity contribution in [1.82, 2.24) is 34.8 Å². The van der Waals surface area contributed by atoms with Crippen molar-refractivity contribution in [3.8, 4) is 17.2 Å². The Balaban J connectivity index is 0.831. The molecule has 3 aliphatic rings. The van der Waals surface area contributed by atoms with Gasteiger partial charge in [0.15, 0.2) is 6.61 Å². The van der Waals surface area contributed by atoms with Crippen molar-refractivity contribution >= 4 is 50.7 Å². The largest absolute Gasteiger partial charge is 0.494 e. The molecule has 1 saturated heterocycles. The quantitative estimate of drug-likeness (QED) is 0.0705. The summed E-state index contributed by atoms with van der Waals surface area (Å²) in [5.41, 5.74) is 5.20. The van der Waals surface area contributed by atoms with Gasteiger partial charge in [-0.3, -0.25) is 28.9 Å². The monoisotopic (exact) mass is 965 g/mol. The van der Waals surface area contributed by atoms with E-state index in [-0.39, 0.29) is 60.7 Å². The third-order valence-electron chi connectivity index (χ3n) is 12.8. The number of nitrogens with zero attached hydrogens (tertiary/aromatic N) is 5. The number of benzene rings is 4. The van der Waals surface area contributed by atoms with Crippen LogP contribution >= 0.6 is 0 Å². The number of carboxylic acids is 1. The van der Waals surface area contributed by atoms with Gasteiger partial charge in [0.05, 0.1) is 31.2 Å². The minimum atomic E-state index is -4.01. The molecule has 4 aromatic carbocycles. The number of unbranched alkanes of at least 4 members (excludes halogenated alkanes) is 3. The summed E-state index contributed by atoms with van der Waals surface area (Å²) < 4.78 is 49.2. The first-order valence-electron chi connectivity index (χ1n) is 22.9. The summed E-state index contributed by atoms with van der Waals surface area (Å²) in [5.74, 6) is -3.08. The molecule has 4 N–H and O–H groups in total. The fourth-order valence-electron chi connectivity index (χ4n) is 9.28. The van der Waals surface area contributed by atoms with Crippen LogP contribution < -0.4 is 24.8 Å². The zero-order valence-corrected chi connectivity index (χ0v) is 39.6. The number of hydrogen-bond donors (Lipinski definition) is 4. The summed E-state index contributed by atoms with van der Waals surface area (Å²) in [6, 6.07) is 17.9. The number of hydrogen-bond acceptors (Lipinski definition) is 13. The van der Waals surface area contributed by atoms with E-state index in [2.05, 4.69) is 20.9 Å². The Morgan fingerprint density at radius 1 is 0.971 bits per heavy atom. The van der Waals surface area contributed by atoms with E-state index >= 15 is 0 Å². The van der Waals surface area contributed by atoms with Crippen molar-refractivity contribution in [2.45, 2.75) is 101 Å². The number of carbonyl (C=O) groups is 5. The van der Waals surface area contributed by atoms with Gasteiger partial charge in [0.1, 0.15) is 51.6 Å². The molecule has 69 heavy (non-hydrogen) atoms. The molecule has 0 radical (unpaired) electrons. The number of ether oxygens (including phenoxy) is 3. The number of imide groups is 1. The Bertz CT molecular complexity index is 2940. The predicted octanol–water partition coefficient (Wildman–Crippen LogP) is 4.35. The van der Waals surface area contributed by atoms with Crippen molar-refractivity contribution in [2.24, 2.45) is 7.05 Å². The van der Waals surface area contributed by atoms with Gasteiger partial charge in [0, 0.05) is 26.1 Å². The molecule has 0 spiro atoms. The summed E-state index contributed by atoms with van der Waals surface area (Å²) >= 11 is 0. The zero-order chi connectivity index (χ0) is 49.1. The standard InChI is InChI=1S/C49H55N7O12S/c1-28-13-15-31(35(24-44(59)60)32-22-36-46(40(23-32)66-4)54(3)53-52-36)21-33(28)26-55-25-29(2)68-39-20-30(14-17-41(39)69(55,64)65)10-7-5-6-8-19-50-43(58)27-67-38-12-9-11-34-45(38)49(63)56(48(34)62)37-16-18-42(57)51-47(37)61/h9,11-15,17,20-23,29,35,37,42,57H,5-8,10,16,18-19,24-27H2,1-4H3,(H,50,58)(H,51,61)(H,59,60)/t29-,35+,37?,42?/m1/s1. The maximum atomic E-state index is 14.3. The highest BCUT2D eigenvalue weighted by Crippen LogP contribution is 2.38. The first-order chi connectivity index (χ1) is 33.0. The summed E-state index contributed by atoms with van der Waals surface area (Å²) in [5, 5.41) is 33.2. The van der Waals surface area contributed by atoms with Gasteiger partial charge in [-0.15, -0.1) is 5.10 Å². The number of nitrogens with one attached hydrogen (secondary N) is 2. The van der Waals surface area contributed by atoms with Crippen LogP contribution in [0.15, 0.2) is 71.6 Å². The maximum Gasteiger partial charge on any atom is 0.304 e. The summed E-state index contributed by atoms with van der Waals surface area (Å²) in [6.45, 7) is 3.87. The SMILES string of the molecule is COc1cc([C@@H](CC(=O)O)c2ccc(C)c(CN3C[C@@H](C)Oc4cc(CCCCCCNC(=O)COc5cccc6c5C(=O)N(C5CCC(O)NC5=O)C6=O)ccc4S3(=O)=O)c2)cc2nnn(C)c12. The lowest BCUT2D eigenvalue weighted by molar-refractivity contribution is -0.137. The van der Waals surface area contributed by atoms with Gasteiger partial charge < -0.3 is 35.1 Å². The summed E-state index contributed by atoms with van der Waals surface area (Å²) in [7, 11) is -0.731. The maximum absolute atomic E-state index is 14.3. The fraction of sp³-hybridized carbons (Fsp3) is 0.408. The van der Waals surface area contributed by atoms with Crippen LogP contribution in [0.2, 0.25) is 0 Å². The number of rotatable bonds is 18. The normalized spacial score (nSPS) is 19.3. The van der Waals surface area contributed by atoms with Crippen LogP contribution in [0.3, 0.4) is 0 Å². The van der Waals surface area contributed by atoms with Gasteiger partial charge in [-0.05, 0) is 110 Å². The highest BCUT2D eigenvalue weighted by molar-refractivity contribution is 7.89. The predicted molar refractivity (Wildman–Crippen MR) is 249 cm³/mol. The molecular weight excluding hydrogens is 911 g/mol. The third kappa shape index (κ3) is 10.3. The lowest BCUT2D eigenvalue weighted by Crippen LogP contribution is -2.55. The molecule has 4 amide bonds. The topological polar surface area (TPSA) is 249 Å². The van der Waals surface area contributed by atoms with E-state index in [0.29, 0.717) is 53.0 Å². The molecule has 19 nitrogen and oxygen atoms in total. The number of aromatic nitrogens is 3. The molecule has 364 valence electrons. The smallest absolute Gasteiger partial charge is 0.304 e. The average molecular weight is 966 g/mol. The molecule has 5 aromatic rings. The number of sulfonamides is 1. The van der Waals surface area contributed by atoms with Gasteiger partial charge in [-0.1, -0.05) is 48.4 Å². The second-order valence-corrected chi connectivity index (χ2v) is 19.6.